The van der Waals surface area contributed by atoms with Crippen LogP contribution in [0.25, 0.3) is 0 Å². The number of likely N-dealkylation sites (tertiary alicyclic amines) is 1. The molecule has 2 amide bonds. The number of anilines is 1. The van der Waals surface area contributed by atoms with Gasteiger partial charge in [0.2, 0.25) is 5.91 Å². The van der Waals surface area contributed by atoms with Crippen LogP contribution < -0.4 is 9.64 Å². The Morgan fingerprint density at radius 2 is 2.08 bits per heavy atom. The van der Waals surface area contributed by atoms with Gasteiger partial charge in [0.25, 0.3) is 5.91 Å². The van der Waals surface area contributed by atoms with Crippen molar-refractivity contribution in [3.63, 3.8) is 0 Å². The van der Waals surface area contributed by atoms with Crippen LogP contribution in [0.3, 0.4) is 0 Å². The average Bonchev–Trinajstić information content (AvgIpc) is 3.05. The molecule has 2 aliphatic heterocycles. The van der Waals surface area contributed by atoms with E-state index in [2.05, 4.69) is 4.98 Å². The summed E-state index contributed by atoms with van der Waals surface area (Å²) in [7, 11) is 1.72. The minimum absolute atomic E-state index is 0.0921. The molecule has 0 spiro atoms. The maximum absolute atomic E-state index is 12.9. The van der Waals surface area contributed by atoms with Crippen molar-refractivity contribution >= 4 is 17.5 Å². The SMILES string of the molecule is CN1C(=O)C2CC(CN2C(=O)c2cccnc2)Oc2ccccc21. The fourth-order valence-electron chi connectivity index (χ4n) is 3.35. The van der Waals surface area contributed by atoms with Crippen LogP contribution in [0.1, 0.15) is 16.8 Å². The first kappa shape index (κ1) is 14.7. The van der Waals surface area contributed by atoms with E-state index in [4.69, 9.17) is 4.74 Å². The molecule has 1 fully saturated rings. The fraction of sp³-hybridized carbons (Fsp3) is 0.278. The number of rotatable bonds is 1. The third-order valence-electron chi connectivity index (χ3n) is 4.57. The highest BCUT2D eigenvalue weighted by atomic mass is 16.5. The number of para-hydroxylation sites is 2. The summed E-state index contributed by atoms with van der Waals surface area (Å²) in [6.07, 6.45) is 3.46. The van der Waals surface area contributed by atoms with Gasteiger partial charge in [-0.15, -0.1) is 0 Å². The number of nitrogens with zero attached hydrogens (tertiary/aromatic N) is 3. The van der Waals surface area contributed by atoms with Gasteiger partial charge in [0.05, 0.1) is 17.8 Å². The van der Waals surface area contributed by atoms with Crippen LogP contribution >= 0.6 is 0 Å². The molecule has 6 heteroatoms. The first-order valence-corrected chi connectivity index (χ1v) is 7.89. The van der Waals surface area contributed by atoms with Crippen molar-refractivity contribution in [3.8, 4) is 5.75 Å². The number of likely N-dealkylation sites (N-methyl/N-ethyl adjacent to an activating group) is 1. The van der Waals surface area contributed by atoms with Gasteiger partial charge in [-0.05, 0) is 24.3 Å². The molecule has 3 heterocycles. The second kappa shape index (κ2) is 5.63. The lowest BCUT2D eigenvalue weighted by Crippen LogP contribution is -2.46. The van der Waals surface area contributed by atoms with Crippen LogP contribution in [0.4, 0.5) is 5.69 Å². The molecule has 6 nitrogen and oxygen atoms in total. The molecule has 2 atom stereocenters. The van der Waals surface area contributed by atoms with Crippen LogP contribution in [0.15, 0.2) is 48.8 Å². The van der Waals surface area contributed by atoms with Gasteiger partial charge in [0, 0.05) is 25.9 Å². The van der Waals surface area contributed by atoms with E-state index in [1.807, 2.05) is 24.3 Å². The molecular weight excluding hydrogens is 306 g/mol. The van der Waals surface area contributed by atoms with Crippen LogP contribution in [-0.2, 0) is 4.79 Å². The zero-order valence-electron chi connectivity index (χ0n) is 13.3. The molecule has 2 aliphatic rings. The van der Waals surface area contributed by atoms with Crippen molar-refractivity contribution in [2.24, 2.45) is 0 Å². The van der Waals surface area contributed by atoms with Gasteiger partial charge in [-0.1, -0.05) is 12.1 Å². The van der Waals surface area contributed by atoms with E-state index in [0.29, 0.717) is 24.3 Å². The predicted octanol–water partition coefficient (Wildman–Crippen LogP) is 1.72. The van der Waals surface area contributed by atoms with Crippen LogP contribution in [-0.4, -0.2) is 47.4 Å². The van der Waals surface area contributed by atoms with Gasteiger partial charge in [-0.2, -0.15) is 0 Å². The van der Waals surface area contributed by atoms with Crippen LogP contribution in [0, 0.1) is 0 Å². The largest absolute Gasteiger partial charge is 0.486 e. The van der Waals surface area contributed by atoms with E-state index in [-0.39, 0.29) is 17.9 Å². The number of carbonyl (C=O) groups is 2. The Hall–Kier alpha value is -2.89. The summed E-state index contributed by atoms with van der Waals surface area (Å²) >= 11 is 0. The number of aromatic nitrogens is 1. The zero-order valence-corrected chi connectivity index (χ0v) is 13.3. The maximum Gasteiger partial charge on any atom is 0.256 e. The fourth-order valence-corrected chi connectivity index (χ4v) is 3.35. The molecule has 2 unspecified atom stereocenters. The number of carbonyl (C=O) groups excluding carboxylic acids is 2. The van der Waals surface area contributed by atoms with Gasteiger partial charge < -0.3 is 14.5 Å². The maximum atomic E-state index is 12.9. The Labute approximate surface area is 139 Å². The lowest BCUT2D eigenvalue weighted by atomic mass is 10.1. The topological polar surface area (TPSA) is 62.7 Å². The Bertz CT molecular complexity index is 793. The van der Waals surface area contributed by atoms with Crippen molar-refractivity contribution in [2.75, 3.05) is 18.5 Å². The van der Waals surface area contributed by atoms with E-state index in [1.54, 1.807) is 35.2 Å². The van der Waals surface area contributed by atoms with Gasteiger partial charge in [0.1, 0.15) is 17.9 Å². The standard InChI is InChI=1S/C18H17N3O3/c1-20-14-6-2-3-7-16(14)24-13-9-15(18(20)23)21(11-13)17(22)12-5-4-8-19-10-12/h2-8,10,13,15H,9,11H2,1H3. The van der Waals surface area contributed by atoms with E-state index < -0.39 is 6.04 Å². The summed E-state index contributed by atoms with van der Waals surface area (Å²) in [5, 5.41) is 0. The summed E-state index contributed by atoms with van der Waals surface area (Å²) in [5.74, 6) is 0.393. The summed E-state index contributed by atoms with van der Waals surface area (Å²) in [4.78, 5) is 32.9. The van der Waals surface area contributed by atoms with E-state index in [0.717, 1.165) is 5.69 Å². The molecule has 0 radical (unpaired) electrons. The summed E-state index contributed by atoms with van der Waals surface area (Å²) in [6, 6.07) is 10.4. The monoisotopic (exact) mass is 323 g/mol. The molecule has 24 heavy (non-hydrogen) atoms. The minimum atomic E-state index is -0.513. The second-order valence-corrected chi connectivity index (χ2v) is 6.06. The number of amides is 2. The molecule has 4 rings (SSSR count). The van der Waals surface area contributed by atoms with E-state index in [9.17, 15) is 9.59 Å². The molecule has 2 aromatic rings. The smallest absolute Gasteiger partial charge is 0.256 e. The van der Waals surface area contributed by atoms with Crippen molar-refractivity contribution in [2.45, 2.75) is 18.6 Å². The van der Waals surface area contributed by atoms with E-state index in [1.165, 1.54) is 6.20 Å². The Kier molecular flexibility index (Phi) is 3.45. The van der Waals surface area contributed by atoms with Gasteiger partial charge >= 0.3 is 0 Å². The molecular formula is C18H17N3O3. The second-order valence-electron chi connectivity index (χ2n) is 6.06. The molecule has 2 bridgehead atoms. The molecule has 1 aromatic carbocycles. The van der Waals surface area contributed by atoms with Crippen molar-refractivity contribution in [1.29, 1.82) is 0 Å². The van der Waals surface area contributed by atoms with Gasteiger partial charge in [-0.25, -0.2) is 0 Å². The highest BCUT2D eigenvalue weighted by Gasteiger charge is 2.44. The lowest BCUT2D eigenvalue weighted by molar-refractivity contribution is -0.122. The third-order valence-corrected chi connectivity index (χ3v) is 4.57. The third kappa shape index (κ3) is 2.31. The average molecular weight is 323 g/mol. The molecule has 0 aliphatic carbocycles. The lowest BCUT2D eigenvalue weighted by Gasteiger charge is -2.29. The summed E-state index contributed by atoms with van der Waals surface area (Å²) in [5.41, 5.74) is 1.21. The van der Waals surface area contributed by atoms with Gasteiger partial charge in [-0.3, -0.25) is 14.6 Å². The Morgan fingerprint density at radius 3 is 2.88 bits per heavy atom. The highest BCUT2D eigenvalue weighted by Crippen LogP contribution is 2.35. The Balaban J connectivity index is 1.69. The first-order chi connectivity index (χ1) is 11.6. The molecule has 0 saturated carbocycles. The highest BCUT2D eigenvalue weighted by molar-refractivity contribution is 6.03. The minimum Gasteiger partial charge on any atom is -0.486 e. The predicted molar refractivity (Wildman–Crippen MR) is 87.9 cm³/mol. The van der Waals surface area contributed by atoms with Crippen molar-refractivity contribution in [3.05, 3.63) is 54.4 Å². The number of hydrogen-bond acceptors (Lipinski definition) is 4. The zero-order chi connectivity index (χ0) is 16.7. The van der Waals surface area contributed by atoms with Crippen LogP contribution in [0.5, 0.6) is 5.75 Å². The Morgan fingerprint density at radius 1 is 1.25 bits per heavy atom. The molecule has 1 aromatic heterocycles. The number of pyridine rings is 1. The normalized spacial score (nSPS) is 22.5. The number of fused-ring (bicyclic) bond motifs is 3. The summed E-state index contributed by atoms with van der Waals surface area (Å²) < 4.78 is 6.06. The van der Waals surface area contributed by atoms with Crippen molar-refractivity contribution in [1.82, 2.24) is 9.88 Å². The molecule has 0 N–H and O–H groups in total. The molecule has 122 valence electrons. The van der Waals surface area contributed by atoms with Gasteiger partial charge in [0.15, 0.2) is 0 Å². The van der Waals surface area contributed by atoms with Crippen LogP contribution in [0.2, 0.25) is 0 Å². The van der Waals surface area contributed by atoms with Crippen molar-refractivity contribution < 1.29 is 14.3 Å². The first-order valence-electron chi connectivity index (χ1n) is 7.89. The number of ether oxygens (including phenoxy) is 1. The summed E-state index contributed by atoms with van der Waals surface area (Å²) in [6.45, 7) is 0.395. The number of hydrogen-bond donors (Lipinski definition) is 0. The quantitative estimate of drug-likeness (QED) is 0.802. The van der Waals surface area contributed by atoms with E-state index >= 15 is 0 Å². The molecule has 1 saturated heterocycles. The number of benzene rings is 1.